The summed E-state index contributed by atoms with van der Waals surface area (Å²) in [5.41, 5.74) is 1.61. The quantitative estimate of drug-likeness (QED) is 0.145. The lowest BCUT2D eigenvalue weighted by atomic mass is 9.98. The Hall–Kier alpha value is -4.04. The van der Waals surface area contributed by atoms with E-state index in [2.05, 4.69) is 48.1 Å². The zero-order valence-electron chi connectivity index (χ0n) is 22.3. The second-order valence-electron chi connectivity index (χ2n) is 9.29. The Kier molecular flexibility index (Phi) is 10.5. The third-order valence-electron chi connectivity index (χ3n) is 5.72. The van der Waals surface area contributed by atoms with Crippen molar-refractivity contribution in [1.29, 1.82) is 0 Å². The molecular formula is C27H35FN8O2. The van der Waals surface area contributed by atoms with E-state index in [4.69, 9.17) is 0 Å². The van der Waals surface area contributed by atoms with Crippen LogP contribution in [0.3, 0.4) is 0 Å². The van der Waals surface area contributed by atoms with Crippen molar-refractivity contribution in [1.82, 2.24) is 30.5 Å². The van der Waals surface area contributed by atoms with Crippen LogP contribution in [-0.4, -0.2) is 71.9 Å². The number of carbonyl (C=O) groups is 2. The van der Waals surface area contributed by atoms with Crippen LogP contribution in [0.2, 0.25) is 0 Å². The van der Waals surface area contributed by atoms with Crippen LogP contribution in [0.4, 0.5) is 21.8 Å². The molecule has 0 aromatic carbocycles. The van der Waals surface area contributed by atoms with E-state index in [1.54, 1.807) is 32.3 Å². The SMILES string of the molecule is CNC(=O)C(=CCN(C)C)C(C)C(=O)NCCCC#Cc1cnc(Nc2ccnc(F)c2)nc1NC1CC1. The van der Waals surface area contributed by atoms with Crippen molar-refractivity contribution in [2.75, 3.05) is 44.9 Å². The van der Waals surface area contributed by atoms with Gasteiger partial charge in [-0.05, 0) is 46.3 Å². The van der Waals surface area contributed by atoms with E-state index in [9.17, 15) is 14.0 Å². The van der Waals surface area contributed by atoms with Gasteiger partial charge in [0.05, 0.1) is 17.7 Å². The lowest BCUT2D eigenvalue weighted by Gasteiger charge is -2.16. The molecule has 1 unspecified atom stereocenters. The summed E-state index contributed by atoms with van der Waals surface area (Å²) in [4.78, 5) is 39.1. The number of likely N-dealkylation sites (N-methyl/N-ethyl adjacent to an activating group) is 2. The van der Waals surface area contributed by atoms with Crippen molar-refractivity contribution in [3.05, 3.63) is 47.7 Å². The first-order valence-corrected chi connectivity index (χ1v) is 12.6. The molecule has 38 heavy (non-hydrogen) atoms. The molecule has 202 valence electrons. The zero-order valence-corrected chi connectivity index (χ0v) is 22.3. The van der Waals surface area contributed by atoms with Gasteiger partial charge in [0, 0.05) is 56.1 Å². The van der Waals surface area contributed by atoms with Crippen LogP contribution in [-0.2, 0) is 9.59 Å². The molecule has 2 amide bonds. The smallest absolute Gasteiger partial charge is 0.247 e. The minimum absolute atomic E-state index is 0.201. The molecule has 0 saturated heterocycles. The van der Waals surface area contributed by atoms with E-state index in [1.165, 1.54) is 12.3 Å². The van der Waals surface area contributed by atoms with E-state index in [0.717, 1.165) is 12.8 Å². The molecular weight excluding hydrogens is 487 g/mol. The Labute approximate surface area is 222 Å². The zero-order chi connectivity index (χ0) is 27.5. The Morgan fingerprint density at radius 1 is 1.29 bits per heavy atom. The highest BCUT2D eigenvalue weighted by atomic mass is 19.1. The topological polar surface area (TPSA) is 124 Å². The lowest BCUT2D eigenvalue weighted by Crippen LogP contribution is -2.35. The highest BCUT2D eigenvalue weighted by molar-refractivity contribution is 5.99. The molecule has 3 rings (SSSR count). The summed E-state index contributed by atoms with van der Waals surface area (Å²) >= 11 is 0. The first-order valence-electron chi connectivity index (χ1n) is 12.6. The van der Waals surface area contributed by atoms with Crippen molar-refractivity contribution in [2.45, 2.75) is 38.6 Å². The van der Waals surface area contributed by atoms with Gasteiger partial charge in [0.15, 0.2) is 0 Å². The van der Waals surface area contributed by atoms with Gasteiger partial charge in [-0.3, -0.25) is 9.59 Å². The highest BCUT2D eigenvalue weighted by Crippen LogP contribution is 2.26. The maximum absolute atomic E-state index is 13.4. The Morgan fingerprint density at radius 3 is 2.76 bits per heavy atom. The van der Waals surface area contributed by atoms with Crippen LogP contribution in [0.5, 0.6) is 0 Å². The maximum atomic E-state index is 13.4. The van der Waals surface area contributed by atoms with Gasteiger partial charge in [-0.25, -0.2) is 9.97 Å². The molecule has 11 heteroatoms. The number of nitrogens with one attached hydrogen (secondary N) is 4. The number of pyridine rings is 1. The van der Waals surface area contributed by atoms with Crippen LogP contribution in [0.25, 0.3) is 0 Å². The number of amides is 2. The molecule has 1 atom stereocenters. The first kappa shape index (κ1) is 28.5. The van der Waals surface area contributed by atoms with Crippen LogP contribution in [0.15, 0.2) is 36.2 Å². The summed E-state index contributed by atoms with van der Waals surface area (Å²) in [6, 6.07) is 3.26. The van der Waals surface area contributed by atoms with Crippen LogP contribution in [0.1, 0.15) is 38.2 Å². The number of hydrogen-bond donors (Lipinski definition) is 4. The lowest BCUT2D eigenvalue weighted by molar-refractivity contribution is -0.126. The number of hydrogen-bond acceptors (Lipinski definition) is 8. The van der Waals surface area contributed by atoms with Crippen LogP contribution < -0.4 is 21.3 Å². The molecule has 0 radical (unpaired) electrons. The molecule has 1 fully saturated rings. The van der Waals surface area contributed by atoms with Crippen LogP contribution >= 0.6 is 0 Å². The summed E-state index contributed by atoms with van der Waals surface area (Å²) in [6.45, 7) is 2.74. The van der Waals surface area contributed by atoms with Gasteiger partial charge in [-0.1, -0.05) is 17.9 Å². The summed E-state index contributed by atoms with van der Waals surface area (Å²) in [5.74, 6) is 5.57. The van der Waals surface area contributed by atoms with Crippen molar-refractivity contribution in [3.8, 4) is 11.8 Å². The summed E-state index contributed by atoms with van der Waals surface area (Å²) in [6.07, 6.45) is 8.13. The van der Waals surface area contributed by atoms with Crippen molar-refractivity contribution >= 4 is 29.3 Å². The molecule has 0 spiro atoms. The first-order chi connectivity index (χ1) is 18.3. The molecule has 1 saturated carbocycles. The van der Waals surface area contributed by atoms with Gasteiger partial charge in [-0.2, -0.15) is 9.37 Å². The van der Waals surface area contributed by atoms with E-state index in [0.29, 0.717) is 60.6 Å². The monoisotopic (exact) mass is 522 g/mol. The highest BCUT2D eigenvalue weighted by Gasteiger charge is 2.23. The van der Waals surface area contributed by atoms with Gasteiger partial charge in [0.1, 0.15) is 5.82 Å². The molecule has 0 aliphatic heterocycles. The molecule has 4 N–H and O–H groups in total. The Bertz CT molecular complexity index is 1220. The third kappa shape index (κ3) is 9.12. The van der Waals surface area contributed by atoms with Gasteiger partial charge < -0.3 is 26.2 Å². The average Bonchev–Trinajstić information content (AvgIpc) is 3.70. The molecule has 0 bridgehead atoms. The molecule has 2 heterocycles. The number of nitrogens with zero attached hydrogens (tertiary/aromatic N) is 4. The second kappa shape index (κ2) is 14.0. The Morgan fingerprint density at radius 2 is 2.08 bits per heavy atom. The number of carbonyl (C=O) groups excluding carboxylic acids is 2. The number of aromatic nitrogens is 3. The predicted molar refractivity (Wildman–Crippen MR) is 145 cm³/mol. The molecule has 2 aromatic heterocycles. The van der Waals surface area contributed by atoms with Crippen molar-refractivity contribution in [2.24, 2.45) is 5.92 Å². The second-order valence-corrected chi connectivity index (χ2v) is 9.29. The number of halogens is 1. The largest absolute Gasteiger partial charge is 0.366 e. The van der Waals surface area contributed by atoms with Crippen molar-refractivity contribution < 1.29 is 14.0 Å². The molecule has 1 aliphatic rings. The summed E-state index contributed by atoms with van der Waals surface area (Å²) in [5, 5.41) is 11.8. The minimum atomic E-state index is -0.591. The van der Waals surface area contributed by atoms with Crippen LogP contribution in [0, 0.1) is 23.7 Å². The summed E-state index contributed by atoms with van der Waals surface area (Å²) in [7, 11) is 5.35. The third-order valence-corrected chi connectivity index (χ3v) is 5.72. The van der Waals surface area contributed by atoms with Gasteiger partial charge in [0.2, 0.25) is 23.7 Å². The standard InChI is InChI=1S/C27H35FN8O2/c1-18(22(26(38)29-2)12-15-36(3)4)25(37)31-13-7-5-6-8-19-17-32-27(35-24(19)33-20-9-10-20)34-21-11-14-30-23(28)16-21/h11-12,14,16-18,20H,5,7,9-10,13,15H2,1-4H3,(H,29,38)(H,31,37)(H2,30,32,33,34,35). The summed E-state index contributed by atoms with van der Waals surface area (Å²) < 4.78 is 13.4. The fraction of sp³-hybridized carbons (Fsp3) is 0.444. The number of anilines is 3. The van der Waals surface area contributed by atoms with Gasteiger partial charge >= 0.3 is 0 Å². The minimum Gasteiger partial charge on any atom is -0.366 e. The number of rotatable bonds is 12. The van der Waals surface area contributed by atoms with E-state index in [1.807, 2.05) is 19.0 Å². The number of unbranched alkanes of at least 4 members (excludes halogenated alkanes) is 1. The van der Waals surface area contributed by atoms with Gasteiger partial charge in [-0.15, -0.1) is 0 Å². The van der Waals surface area contributed by atoms with E-state index >= 15 is 0 Å². The van der Waals surface area contributed by atoms with Gasteiger partial charge in [0.25, 0.3) is 0 Å². The van der Waals surface area contributed by atoms with Crippen molar-refractivity contribution in [3.63, 3.8) is 0 Å². The molecule has 10 nitrogen and oxygen atoms in total. The predicted octanol–water partition coefficient (Wildman–Crippen LogP) is 2.45. The normalized spacial score (nSPS) is 13.8. The molecule has 2 aromatic rings. The fourth-order valence-corrected chi connectivity index (χ4v) is 3.41. The van der Waals surface area contributed by atoms with E-state index in [-0.39, 0.29) is 11.8 Å². The Balaban J connectivity index is 1.54. The molecule has 1 aliphatic carbocycles. The van der Waals surface area contributed by atoms with E-state index < -0.39 is 11.9 Å². The maximum Gasteiger partial charge on any atom is 0.247 e. The fourth-order valence-electron chi connectivity index (χ4n) is 3.41. The average molecular weight is 523 g/mol.